The molecule has 0 unspecified atom stereocenters. The molecule has 1 fully saturated rings. The van der Waals surface area contributed by atoms with E-state index in [-0.39, 0.29) is 11.1 Å². The summed E-state index contributed by atoms with van der Waals surface area (Å²) in [6.45, 7) is 0. The van der Waals surface area contributed by atoms with Crippen LogP contribution in [0.4, 0.5) is 10.5 Å². The number of carbonyl (C=O) groups excluding carboxylic acids is 2. The van der Waals surface area contributed by atoms with Gasteiger partial charge in [0, 0.05) is 18.3 Å². The maximum Gasteiger partial charge on any atom is 0.290 e. The van der Waals surface area contributed by atoms with Gasteiger partial charge < -0.3 is 5.32 Å². The number of thioether (sulfide) groups is 1. The van der Waals surface area contributed by atoms with E-state index >= 15 is 0 Å². The maximum absolute atomic E-state index is 11.6. The Morgan fingerprint density at radius 1 is 1.09 bits per heavy atom. The smallest absolute Gasteiger partial charge is 0.290 e. The highest BCUT2D eigenvalue weighted by Gasteiger charge is 2.24. The van der Waals surface area contributed by atoms with Gasteiger partial charge in [-0.2, -0.15) is 0 Å². The second-order valence-corrected chi connectivity index (χ2v) is 5.79. The number of hydrogen-bond acceptors (Lipinski definition) is 4. The number of rotatable bonds is 3. The van der Waals surface area contributed by atoms with Crippen LogP contribution in [0.2, 0.25) is 0 Å². The maximum atomic E-state index is 11.6. The lowest BCUT2D eigenvalue weighted by atomic mass is 10.0. The average Bonchev–Trinajstić information content (AvgIpc) is 2.85. The predicted molar refractivity (Wildman–Crippen MR) is 90.5 cm³/mol. The zero-order valence-corrected chi connectivity index (χ0v) is 12.7. The molecule has 0 bridgehead atoms. The molecule has 1 aliphatic heterocycles. The zero-order chi connectivity index (χ0) is 15.5. The molecular formula is C17H14N2O2S. The first-order chi connectivity index (χ1) is 10.7. The summed E-state index contributed by atoms with van der Waals surface area (Å²) in [5.74, 6) is -0.340. The van der Waals surface area contributed by atoms with Gasteiger partial charge in [0.2, 0.25) is 0 Å². The predicted octanol–water partition coefficient (Wildman–Crippen LogP) is 3.72. The van der Waals surface area contributed by atoms with Crippen LogP contribution in [-0.4, -0.2) is 18.2 Å². The number of nitrogens with one attached hydrogen (secondary N) is 2. The Kier molecular flexibility index (Phi) is 3.98. The normalized spacial score (nSPS) is 16.0. The van der Waals surface area contributed by atoms with Gasteiger partial charge >= 0.3 is 0 Å². The summed E-state index contributed by atoms with van der Waals surface area (Å²) >= 11 is 0.924. The van der Waals surface area contributed by atoms with E-state index in [4.69, 9.17) is 0 Å². The number of hydrogen-bond donors (Lipinski definition) is 2. The van der Waals surface area contributed by atoms with Gasteiger partial charge in [-0.05, 0) is 35.0 Å². The Hall–Kier alpha value is -2.53. The first-order valence-corrected chi connectivity index (χ1v) is 7.61. The minimum Gasteiger partial charge on any atom is -0.388 e. The van der Waals surface area contributed by atoms with Gasteiger partial charge in [-0.15, -0.1) is 0 Å². The summed E-state index contributed by atoms with van der Waals surface area (Å²) < 4.78 is 0. The summed E-state index contributed by atoms with van der Waals surface area (Å²) in [4.78, 5) is 23.2. The molecule has 2 aromatic rings. The van der Waals surface area contributed by atoms with E-state index in [1.54, 1.807) is 6.08 Å². The summed E-state index contributed by atoms with van der Waals surface area (Å²) in [5.41, 5.74) is 4.05. The number of imide groups is 1. The molecule has 0 aromatic heterocycles. The molecule has 3 rings (SSSR count). The van der Waals surface area contributed by atoms with Crippen LogP contribution in [0.3, 0.4) is 0 Å². The van der Waals surface area contributed by atoms with Crippen LogP contribution in [0.5, 0.6) is 0 Å². The topological polar surface area (TPSA) is 58.2 Å². The number of benzene rings is 2. The lowest BCUT2D eigenvalue weighted by Gasteiger charge is -2.10. The molecule has 110 valence electrons. The minimum absolute atomic E-state index is 0.328. The molecule has 4 nitrogen and oxygen atoms in total. The molecule has 1 saturated heterocycles. The van der Waals surface area contributed by atoms with Crippen LogP contribution < -0.4 is 10.6 Å². The Morgan fingerprint density at radius 3 is 2.50 bits per heavy atom. The lowest BCUT2D eigenvalue weighted by Crippen LogP contribution is -2.17. The third-order valence-corrected chi connectivity index (χ3v) is 4.15. The standard InChI is InChI=1S/C17H14N2O2S/c1-18-14-9-11(10-15-16(20)19-17(21)22-15)7-8-13(14)12-5-3-2-4-6-12/h2-10,18H,1H3,(H,19,20,21). The van der Waals surface area contributed by atoms with Crippen LogP contribution in [-0.2, 0) is 4.79 Å². The highest BCUT2D eigenvalue weighted by molar-refractivity contribution is 8.18. The van der Waals surface area contributed by atoms with Crippen LogP contribution in [0.15, 0.2) is 53.4 Å². The molecule has 2 aromatic carbocycles. The van der Waals surface area contributed by atoms with E-state index in [1.807, 2.05) is 55.6 Å². The van der Waals surface area contributed by atoms with Crippen molar-refractivity contribution < 1.29 is 9.59 Å². The van der Waals surface area contributed by atoms with Crippen molar-refractivity contribution in [2.45, 2.75) is 0 Å². The molecule has 0 spiro atoms. The summed E-state index contributed by atoms with van der Waals surface area (Å²) in [6.07, 6.45) is 1.72. The van der Waals surface area contributed by atoms with E-state index < -0.39 is 0 Å². The Morgan fingerprint density at radius 2 is 1.86 bits per heavy atom. The summed E-state index contributed by atoms with van der Waals surface area (Å²) in [5, 5.41) is 5.10. The quantitative estimate of drug-likeness (QED) is 0.848. The average molecular weight is 310 g/mol. The largest absolute Gasteiger partial charge is 0.388 e. The molecule has 1 aliphatic rings. The molecular weight excluding hydrogens is 296 g/mol. The Bertz CT molecular complexity index is 769. The fourth-order valence-electron chi connectivity index (χ4n) is 2.30. The van der Waals surface area contributed by atoms with Crippen molar-refractivity contribution >= 4 is 34.7 Å². The van der Waals surface area contributed by atoms with Crippen molar-refractivity contribution in [1.29, 1.82) is 0 Å². The fraction of sp³-hybridized carbons (Fsp3) is 0.0588. The van der Waals surface area contributed by atoms with E-state index in [1.165, 1.54) is 0 Å². The third-order valence-electron chi connectivity index (χ3n) is 3.34. The highest BCUT2D eigenvalue weighted by Crippen LogP contribution is 2.31. The highest BCUT2D eigenvalue weighted by atomic mass is 32.2. The Labute approximate surface area is 132 Å². The van der Waals surface area contributed by atoms with Gasteiger partial charge in [-0.1, -0.05) is 42.5 Å². The van der Waals surface area contributed by atoms with Crippen LogP contribution in [0.25, 0.3) is 17.2 Å². The van der Waals surface area contributed by atoms with Gasteiger partial charge in [0.15, 0.2) is 0 Å². The van der Waals surface area contributed by atoms with Crippen molar-refractivity contribution in [2.75, 3.05) is 12.4 Å². The molecule has 2 amide bonds. The van der Waals surface area contributed by atoms with Crippen molar-refractivity contribution in [3.8, 4) is 11.1 Å². The van der Waals surface area contributed by atoms with E-state index in [2.05, 4.69) is 10.6 Å². The molecule has 2 N–H and O–H groups in total. The van der Waals surface area contributed by atoms with Crippen molar-refractivity contribution in [1.82, 2.24) is 5.32 Å². The van der Waals surface area contributed by atoms with Gasteiger partial charge in [0.1, 0.15) is 0 Å². The van der Waals surface area contributed by atoms with E-state index in [9.17, 15) is 9.59 Å². The second-order valence-electron chi connectivity index (χ2n) is 4.77. The van der Waals surface area contributed by atoms with Gasteiger partial charge in [-0.3, -0.25) is 14.9 Å². The molecule has 0 aliphatic carbocycles. The van der Waals surface area contributed by atoms with Gasteiger partial charge in [-0.25, -0.2) is 0 Å². The van der Waals surface area contributed by atoms with Crippen LogP contribution in [0.1, 0.15) is 5.56 Å². The first kappa shape index (κ1) is 14.4. The molecule has 1 heterocycles. The van der Waals surface area contributed by atoms with E-state index in [0.717, 1.165) is 34.1 Å². The summed E-state index contributed by atoms with van der Waals surface area (Å²) in [6, 6.07) is 16.0. The number of carbonyl (C=O) groups is 2. The van der Waals surface area contributed by atoms with Crippen molar-refractivity contribution in [3.05, 3.63) is 59.0 Å². The molecule has 0 saturated carbocycles. The Balaban J connectivity index is 1.98. The minimum atomic E-state index is -0.340. The lowest BCUT2D eigenvalue weighted by molar-refractivity contribution is -0.115. The zero-order valence-electron chi connectivity index (χ0n) is 11.9. The monoisotopic (exact) mass is 310 g/mol. The summed E-state index contributed by atoms with van der Waals surface area (Å²) in [7, 11) is 1.86. The van der Waals surface area contributed by atoms with Crippen molar-refractivity contribution in [2.24, 2.45) is 0 Å². The number of amides is 2. The number of anilines is 1. The molecule has 0 atom stereocenters. The second kappa shape index (κ2) is 6.07. The molecule has 22 heavy (non-hydrogen) atoms. The van der Waals surface area contributed by atoms with E-state index in [0.29, 0.717) is 4.91 Å². The third kappa shape index (κ3) is 2.89. The molecule has 0 radical (unpaired) electrons. The van der Waals surface area contributed by atoms with Crippen molar-refractivity contribution in [3.63, 3.8) is 0 Å². The van der Waals surface area contributed by atoms with Crippen LogP contribution >= 0.6 is 11.8 Å². The van der Waals surface area contributed by atoms with Crippen LogP contribution in [0, 0.1) is 0 Å². The van der Waals surface area contributed by atoms with Gasteiger partial charge in [0.05, 0.1) is 4.91 Å². The molecule has 5 heteroatoms. The fourth-order valence-corrected chi connectivity index (χ4v) is 2.98. The van der Waals surface area contributed by atoms with Gasteiger partial charge in [0.25, 0.3) is 11.1 Å². The SMILES string of the molecule is CNc1cc(C=C2SC(=O)NC2=O)ccc1-c1ccccc1. The first-order valence-electron chi connectivity index (χ1n) is 6.79.